The van der Waals surface area contributed by atoms with Crippen LogP contribution in [0.15, 0.2) is 83.3 Å². The van der Waals surface area contributed by atoms with Crippen molar-refractivity contribution in [1.82, 2.24) is 10.2 Å². The van der Waals surface area contributed by atoms with Gasteiger partial charge >= 0.3 is 0 Å². The molecule has 4 nitrogen and oxygen atoms in total. The maximum atomic E-state index is 13.7. The van der Waals surface area contributed by atoms with Crippen LogP contribution in [0.5, 0.6) is 0 Å². The van der Waals surface area contributed by atoms with Crippen LogP contribution < -0.4 is 5.32 Å². The topological polar surface area (TPSA) is 49.4 Å². The Kier molecular flexibility index (Phi) is 10.4. The van der Waals surface area contributed by atoms with Crippen molar-refractivity contribution < 1.29 is 9.59 Å². The summed E-state index contributed by atoms with van der Waals surface area (Å²) >= 11 is 9.85. The fourth-order valence-corrected chi connectivity index (χ4v) is 4.57. The molecule has 3 rings (SSSR count). The lowest BCUT2D eigenvalue weighted by Crippen LogP contribution is -2.51. The lowest BCUT2D eigenvalue weighted by atomic mass is 10.0. The molecule has 0 aliphatic carbocycles. The highest BCUT2D eigenvalue weighted by Crippen LogP contribution is 2.21. The monoisotopic (exact) mass is 554 g/mol. The number of halogens is 2. The molecule has 0 saturated heterocycles. The van der Waals surface area contributed by atoms with Gasteiger partial charge in [0.1, 0.15) is 6.04 Å². The molecular weight excluding hydrogens is 524 g/mol. The third kappa shape index (κ3) is 8.52. The Bertz CT molecular complexity index is 1120. The van der Waals surface area contributed by atoms with Gasteiger partial charge in [-0.05, 0) is 47.2 Å². The molecule has 0 aliphatic rings. The quantitative estimate of drug-likeness (QED) is 0.296. The number of carbonyl (C=O) groups excluding carboxylic acids is 2. The Morgan fingerprint density at radius 3 is 2.31 bits per heavy atom. The maximum Gasteiger partial charge on any atom is 0.243 e. The molecule has 3 aromatic rings. The summed E-state index contributed by atoms with van der Waals surface area (Å²) in [6.45, 7) is 5.01. The number of carbonyl (C=O) groups is 2. The van der Waals surface area contributed by atoms with Crippen LogP contribution >= 0.6 is 27.5 Å². The fourth-order valence-electron chi connectivity index (χ4n) is 3.89. The van der Waals surface area contributed by atoms with E-state index in [9.17, 15) is 9.59 Å². The van der Waals surface area contributed by atoms with Gasteiger partial charge in [-0.3, -0.25) is 9.59 Å². The van der Waals surface area contributed by atoms with Gasteiger partial charge in [-0.15, -0.1) is 0 Å². The van der Waals surface area contributed by atoms with Crippen LogP contribution in [0.4, 0.5) is 0 Å². The molecular formula is C29H32BrClN2O2. The number of rotatable bonds is 11. The first-order chi connectivity index (χ1) is 16.8. The van der Waals surface area contributed by atoms with Crippen LogP contribution in [-0.4, -0.2) is 29.3 Å². The Balaban J connectivity index is 1.91. The second-order valence-corrected chi connectivity index (χ2v) is 10.4. The van der Waals surface area contributed by atoms with Gasteiger partial charge in [0.25, 0.3) is 0 Å². The van der Waals surface area contributed by atoms with Crippen LogP contribution in [0.1, 0.15) is 37.0 Å². The molecule has 0 bridgehead atoms. The molecule has 1 atom stereocenters. The van der Waals surface area contributed by atoms with E-state index in [1.165, 1.54) is 0 Å². The molecule has 3 aromatic carbocycles. The number of aryl methyl sites for hydroxylation is 1. The molecule has 6 heteroatoms. The Morgan fingerprint density at radius 1 is 0.943 bits per heavy atom. The highest BCUT2D eigenvalue weighted by molar-refractivity contribution is 9.10. The van der Waals surface area contributed by atoms with E-state index in [0.717, 1.165) is 21.2 Å². The average Bonchev–Trinajstić information content (AvgIpc) is 2.84. The van der Waals surface area contributed by atoms with Crippen molar-refractivity contribution in [2.75, 3.05) is 6.54 Å². The summed E-state index contributed by atoms with van der Waals surface area (Å²) in [5, 5.41) is 3.70. The molecule has 0 aromatic heterocycles. The van der Waals surface area contributed by atoms with Crippen molar-refractivity contribution in [3.63, 3.8) is 0 Å². The van der Waals surface area contributed by atoms with Crippen molar-refractivity contribution in [1.29, 1.82) is 0 Å². The summed E-state index contributed by atoms with van der Waals surface area (Å²) in [6, 6.07) is 24.6. The predicted octanol–water partition coefficient (Wildman–Crippen LogP) is 6.45. The molecule has 0 unspecified atom stereocenters. The van der Waals surface area contributed by atoms with Gasteiger partial charge in [-0.25, -0.2) is 0 Å². The summed E-state index contributed by atoms with van der Waals surface area (Å²) in [5.74, 6) is 0.0972. The third-order valence-corrected chi connectivity index (χ3v) is 6.63. The zero-order chi connectivity index (χ0) is 25.2. The molecule has 0 fully saturated rings. The number of amides is 2. The van der Waals surface area contributed by atoms with E-state index in [1.807, 2.05) is 78.9 Å². The Morgan fingerprint density at radius 2 is 1.63 bits per heavy atom. The van der Waals surface area contributed by atoms with Gasteiger partial charge in [-0.1, -0.05) is 102 Å². The van der Waals surface area contributed by atoms with E-state index in [1.54, 1.807) is 4.90 Å². The molecule has 0 spiro atoms. The molecule has 35 heavy (non-hydrogen) atoms. The second-order valence-electron chi connectivity index (χ2n) is 9.09. The van der Waals surface area contributed by atoms with Gasteiger partial charge in [0.15, 0.2) is 0 Å². The zero-order valence-corrected chi connectivity index (χ0v) is 22.6. The number of nitrogens with zero attached hydrogens (tertiary/aromatic N) is 1. The maximum absolute atomic E-state index is 13.7. The lowest BCUT2D eigenvalue weighted by molar-refractivity contribution is -0.141. The zero-order valence-electron chi connectivity index (χ0n) is 20.2. The van der Waals surface area contributed by atoms with Gasteiger partial charge in [-0.2, -0.15) is 0 Å². The van der Waals surface area contributed by atoms with E-state index >= 15 is 0 Å². The van der Waals surface area contributed by atoms with Crippen LogP contribution in [0, 0.1) is 5.92 Å². The summed E-state index contributed by atoms with van der Waals surface area (Å²) in [5.41, 5.74) is 2.89. The minimum Gasteiger partial charge on any atom is -0.354 e. The van der Waals surface area contributed by atoms with Gasteiger partial charge < -0.3 is 10.2 Å². The van der Waals surface area contributed by atoms with Crippen molar-refractivity contribution in [2.45, 2.75) is 45.7 Å². The van der Waals surface area contributed by atoms with Crippen molar-refractivity contribution in [2.24, 2.45) is 5.92 Å². The van der Waals surface area contributed by atoms with Crippen molar-refractivity contribution in [3.8, 4) is 0 Å². The molecule has 2 amide bonds. The van der Waals surface area contributed by atoms with Crippen molar-refractivity contribution >= 4 is 39.3 Å². The predicted molar refractivity (Wildman–Crippen MR) is 146 cm³/mol. The number of nitrogens with one attached hydrogen (secondary N) is 1. The summed E-state index contributed by atoms with van der Waals surface area (Å²) < 4.78 is 0.933. The largest absolute Gasteiger partial charge is 0.354 e. The normalized spacial score (nSPS) is 11.8. The minimum atomic E-state index is -0.631. The standard InChI is InChI=1S/C29H32BrClN2O2/c1-21(2)19-32-29(35)27(18-22-9-4-3-5-10-22)33(20-23-11-8-13-25(30)17-23)28(34)16-15-24-12-6-7-14-26(24)31/h3-14,17,21,27H,15-16,18-20H2,1-2H3,(H,32,35)/t27-/m0/s1. The summed E-state index contributed by atoms with van der Waals surface area (Å²) in [4.78, 5) is 28.9. The second kappa shape index (κ2) is 13.5. The molecule has 0 aliphatic heterocycles. The summed E-state index contributed by atoms with van der Waals surface area (Å²) in [7, 11) is 0. The van der Waals surface area contributed by atoms with Crippen LogP contribution in [0.25, 0.3) is 0 Å². The molecule has 0 heterocycles. The van der Waals surface area contributed by atoms with E-state index in [-0.39, 0.29) is 18.2 Å². The average molecular weight is 556 g/mol. The molecule has 0 radical (unpaired) electrons. The van der Waals surface area contributed by atoms with Gasteiger partial charge in [0, 0.05) is 35.4 Å². The summed E-state index contributed by atoms with van der Waals surface area (Å²) in [6.07, 6.45) is 1.22. The van der Waals surface area contributed by atoms with Crippen molar-refractivity contribution in [3.05, 3.63) is 105 Å². The van der Waals surface area contributed by atoms with Crippen LogP contribution in [0.3, 0.4) is 0 Å². The van der Waals surface area contributed by atoms with Crippen LogP contribution in [0.2, 0.25) is 5.02 Å². The molecule has 184 valence electrons. The van der Waals surface area contributed by atoms with E-state index in [2.05, 4.69) is 35.1 Å². The molecule has 0 saturated carbocycles. The first-order valence-corrected chi connectivity index (χ1v) is 13.1. The first-order valence-electron chi connectivity index (χ1n) is 11.9. The Labute approximate surface area is 221 Å². The first kappa shape index (κ1) is 27.0. The third-order valence-electron chi connectivity index (χ3n) is 5.76. The smallest absolute Gasteiger partial charge is 0.243 e. The Hall–Kier alpha value is -2.63. The minimum absolute atomic E-state index is 0.0782. The highest BCUT2D eigenvalue weighted by Gasteiger charge is 2.30. The number of hydrogen-bond donors (Lipinski definition) is 1. The van der Waals surface area contributed by atoms with Crippen LogP contribution in [-0.2, 0) is 29.0 Å². The molecule has 1 N–H and O–H groups in total. The number of benzene rings is 3. The number of hydrogen-bond acceptors (Lipinski definition) is 2. The van der Waals surface area contributed by atoms with E-state index in [0.29, 0.717) is 36.9 Å². The van der Waals surface area contributed by atoms with E-state index < -0.39 is 6.04 Å². The van der Waals surface area contributed by atoms with Gasteiger partial charge in [0.05, 0.1) is 0 Å². The lowest BCUT2D eigenvalue weighted by Gasteiger charge is -2.32. The highest BCUT2D eigenvalue weighted by atomic mass is 79.9. The SMILES string of the molecule is CC(C)CNC(=O)[C@H](Cc1ccccc1)N(Cc1cccc(Br)c1)C(=O)CCc1ccccc1Cl. The fraction of sp³-hybridized carbons (Fsp3) is 0.310. The van der Waals surface area contributed by atoms with E-state index in [4.69, 9.17) is 11.6 Å². The van der Waals surface area contributed by atoms with Gasteiger partial charge in [0.2, 0.25) is 11.8 Å².